The summed E-state index contributed by atoms with van der Waals surface area (Å²) >= 11 is 0. The molecule has 1 aliphatic heterocycles. The van der Waals surface area contributed by atoms with Crippen LogP contribution in [0.25, 0.3) is 0 Å². The van der Waals surface area contributed by atoms with E-state index in [0.717, 1.165) is 11.4 Å². The Kier molecular flexibility index (Phi) is 4.80. The highest BCUT2D eigenvalue weighted by molar-refractivity contribution is 6.03. The second-order valence-electron chi connectivity index (χ2n) is 6.71. The Morgan fingerprint density at radius 1 is 0.964 bits per heavy atom. The molecule has 0 bridgehead atoms. The predicted molar refractivity (Wildman–Crippen MR) is 106 cm³/mol. The summed E-state index contributed by atoms with van der Waals surface area (Å²) in [6, 6.07) is 14.9. The smallest absolute Gasteiger partial charge is 0.274 e. The zero-order valence-electron chi connectivity index (χ0n) is 15.6. The molecule has 0 saturated heterocycles. The number of benzene rings is 2. The molecule has 7 nitrogen and oxygen atoms in total. The highest BCUT2D eigenvalue weighted by atomic mass is 16.7. The molecule has 2 heterocycles. The van der Waals surface area contributed by atoms with Crippen molar-refractivity contribution in [2.45, 2.75) is 19.8 Å². The van der Waals surface area contributed by atoms with Gasteiger partial charge >= 0.3 is 0 Å². The van der Waals surface area contributed by atoms with Crippen LogP contribution in [0, 0.1) is 0 Å². The summed E-state index contributed by atoms with van der Waals surface area (Å²) in [4.78, 5) is 20.8. The zero-order valence-corrected chi connectivity index (χ0v) is 15.6. The average molecular weight is 376 g/mol. The molecule has 0 atom stereocenters. The summed E-state index contributed by atoms with van der Waals surface area (Å²) < 4.78 is 10.7. The van der Waals surface area contributed by atoms with Gasteiger partial charge in [0.2, 0.25) is 6.79 Å². The lowest BCUT2D eigenvalue weighted by Crippen LogP contribution is -2.14. The van der Waals surface area contributed by atoms with Crippen molar-refractivity contribution < 1.29 is 14.3 Å². The van der Waals surface area contributed by atoms with E-state index in [2.05, 4.69) is 34.4 Å². The van der Waals surface area contributed by atoms with Gasteiger partial charge in [0, 0.05) is 23.5 Å². The van der Waals surface area contributed by atoms with Crippen molar-refractivity contribution in [1.29, 1.82) is 0 Å². The van der Waals surface area contributed by atoms with Crippen LogP contribution in [0.5, 0.6) is 11.5 Å². The first-order valence-electron chi connectivity index (χ1n) is 8.98. The molecular formula is C21H20N4O3. The predicted octanol–water partition coefficient (Wildman–Crippen LogP) is 4.32. The van der Waals surface area contributed by atoms with E-state index in [4.69, 9.17) is 9.47 Å². The van der Waals surface area contributed by atoms with E-state index in [1.807, 2.05) is 42.5 Å². The molecule has 1 amide bonds. The van der Waals surface area contributed by atoms with Crippen LogP contribution < -0.4 is 20.1 Å². The third-order valence-corrected chi connectivity index (χ3v) is 4.38. The Balaban J connectivity index is 1.46. The number of nitrogens with one attached hydrogen (secondary N) is 2. The van der Waals surface area contributed by atoms with Crippen molar-refractivity contribution in [3.63, 3.8) is 0 Å². The van der Waals surface area contributed by atoms with Crippen molar-refractivity contribution in [1.82, 2.24) is 9.97 Å². The molecular weight excluding hydrogens is 356 g/mol. The van der Waals surface area contributed by atoms with Crippen LogP contribution >= 0.6 is 0 Å². The Morgan fingerprint density at radius 2 is 1.71 bits per heavy atom. The number of nitrogens with zero attached hydrogens (tertiary/aromatic N) is 2. The Hall–Kier alpha value is -3.61. The molecule has 142 valence electrons. The molecule has 0 saturated carbocycles. The molecule has 0 radical (unpaired) electrons. The topological polar surface area (TPSA) is 85.4 Å². The second kappa shape index (κ2) is 7.56. The minimum Gasteiger partial charge on any atom is -0.454 e. The molecule has 2 aromatic carbocycles. The van der Waals surface area contributed by atoms with Gasteiger partial charge in [-0.1, -0.05) is 26.0 Å². The fourth-order valence-electron chi connectivity index (χ4n) is 2.82. The van der Waals surface area contributed by atoms with Gasteiger partial charge in [-0.25, -0.2) is 9.97 Å². The maximum absolute atomic E-state index is 12.5. The van der Waals surface area contributed by atoms with Gasteiger partial charge < -0.3 is 20.1 Å². The number of fused-ring (bicyclic) bond motifs is 1. The Morgan fingerprint density at radius 3 is 2.50 bits per heavy atom. The normalized spacial score (nSPS) is 12.1. The van der Waals surface area contributed by atoms with Gasteiger partial charge in [0.1, 0.15) is 17.8 Å². The standard InChI is InChI=1S/C21H20N4O3/c1-13(2)14-3-5-15(6-4-14)25-21(26)17-10-20(23-11-22-17)24-16-7-8-18-19(9-16)28-12-27-18/h3-11,13H,12H2,1-2H3,(H,25,26)(H,22,23,24). The first-order valence-corrected chi connectivity index (χ1v) is 8.98. The van der Waals surface area contributed by atoms with Crippen molar-refractivity contribution >= 4 is 23.1 Å². The number of hydrogen-bond donors (Lipinski definition) is 2. The molecule has 0 aliphatic carbocycles. The highest BCUT2D eigenvalue weighted by Gasteiger charge is 2.14. The van der Waals surface area contributed by atoms with E-state index in [1.54, 1.807) is 6.07 Å². The van der Waals surface area contributed by atoms with Crippen LogP contribution in [0.4, 0.5) is 17.2 Å². The number of hydrogen-bond acceptors (Lipinski definition) is 6. The van der Waals surface area contributed by atoms with Crippen molar-refractivity contribution in [2.24, 2.45) is 0 Å². The molecule has 3 aromatic rings. The van der Waals surface area contributed by atoms with Gasteiger partial charge in [0.05, 0.1) is 0 Å². The van der Waals surface area contributed by atoms with Crippen molar-refractivity contribution in [3.05, 3.63) is 66.1 Å². The number of aromatic nitrogens is 2. The molecule has 1 aromatic heterocycles. The molecule has 0 spiro atoms. The number of anilines is 3. The van der Waals surface area contributed by atoms with Crippen molar-refractivity contribution in [2.75, 3.05) is 17.4 Å². The lowest BCUT2D eigenvalue weighted by Gasteiger charge is -2.09. The first kappa shape index (κ1) is 17.8. The van der Waals surface area contributed by atoms with Crippen LogP contribution in [0.2, 0.25) is 0 Å². The fourth-order valence-corrected chi connectivity index (χ4v) is 2.82. The van der Waals surface area contributed by atoms with Crippen LogP contribution in [-0.4, -0.2) is 22.7 Å². The average Bonchev–Trinajstić information content (AvgIpc) is 3.16. The highest BCUT2D eigenvalue weighted by Crippen LogP contribution is 2.34. The maximum Gasteiger partial charge on any atom is 0.274 e. The fraction of sp³-hybridized carbons (Fsp3) is 0.190. The lowest BCUT2D eigenvalue weighted by atomic mass is 10.0. The number of carbonyl (C=O) groups is 1. The van der Waals surface area contributed by atoms with Crippen LogP contribution in [0.3, 0.4) is 0 Å². The summed E-state index contributed by atoms with van der Waals surface area (Å²) in [5, 5.41) is 6.00. The quantitative estimate of drug-likeness (QED) is 0.690. The molecule has 0 unspecified atom stereocenters. The third kappa shape index (κ3) is 3.88. The summed E-state index contributed by atoms with van der Waals surface area (Å²) in [5.41, 5.74) is 2.98. The van der Waals surface area contributed by atoms with E-state index in [1.165, 1.54) is 11.9 Å². The van der Waals surface area contributed by atoms with Gasteiger partial charge in [0.25, 0.3) is 5.91 Å². The summed E-state index contributed by atoms with van der Waals surface area (Å²) in [7, 11) is 0. The first-order chi connectivity index (χ1) is 13.6. The minimum atomic E-state index is -0.298. The molecule has 7 heteroatoms. The minimum absolute atomic E-state index is 0.217. The van der Waals surface area contributed by atoms with Gasteiger partial charge in [-0.15, -0.1) is 0 Å². The molecule has 1 aliphatic rings. The van der Waals surface area contributed by atoms with E-state index in [-0.39, 0.29) is 18.4 Å². The van der Waals surface area contributed by atoms with Gasteiger partial charge in [-0.2, -0.15) is 0 Å². The number of carbonyl (C=O) groups excluding carboxylic acids is 1. The summed E-state index contributed by atoms with van der Waals surface area (Å²) in [6.07, 6.45) is 1.35. The Labute approximate surface area is 162 Å². The molecule has 0 fully saturated rings. The monoisotopic (exact) mass is 376 g/mol. The van der Waals surface area contributed by atoms with E-state index >= 15 is 0 Å². The van der Waals surface area contributed by atoms with Gasteiger partial charge in [-0.3, -0.25) is 4.79 Å². The van der Waals surface area contributed by atoms with Crippen LogP contribution in [0.15, 0.2) is 54.9 Å². The number of amides is 1. The summed E-state index contributed by atoms with van der Waals surface area (Å²) in [6.45, 7) is 4.47. The number of rotatable bonds is 5. The molecule has 4 rings (SSSR count). The van der Waals surface area contributed by atoms with Crippen LogP contribution in [-0.2, 0) is 0 Å². The molecule has 28 heavy (non-hydrogen) atoms. The number of ether oxygens (including phenoxy) is 2. The third-order valence-electron chi connectivity index (χ3n) is 4.38. The second-order valence-corrected chi connectivity index (χ2v) is 6.71. The molecule has 2 N–H and O–H groups in total. The largest absolute Gasteiger partial charge is 0.454 e. The van der Waals surface area contributed by atoms with Crippen LogP contribution in [0.1, 0.15) is 35.8 Å². The van der Waals surface area contributed by atoms with E-state index in [0.29, 0.717) is 23.2 Å². The van der Waals surface area contributed by atoms with Gasteiger partial charge in [0.15, 0.2) is 11.5 Å². The van der Waals surface area contributed by atoms with Crippen molar-refractivity contribution in [3.8, 4) is 11.5 Å². The zero-order chi connectivity index (χ0) is 19.5. The Bertz CT molecular complexity index is 1000. The lowest BCUT2D eigenvalue weighted by molar-refractivity contribution is 0.102. The SMILES string of the molecule is CC(C)c1ccc(NC(=O)c2cc(Nc3ccc4c(c3)OCO4)ncn2)cc1. The van der Waals surface area contributed by atoms with Gasteiger partial charge in [-0.05, 0) is 35.7 Å². The maximum atomic E-state index is 12.5. The summed E-state index contributed by atoms with van der Waals surface area (Å²) in [5.74, 6) is 2.03. The van der Waals surface area contributed by atoms with E-state index < -0.39 is 0 Å². The van der Waals surface area contributed by atoms with E-state index in [9.17, 15) is 4.79 Å².